The Labute approximate surface area is 87.4 Å². The lowest BCUT2D eigenvalue weighted by Gasteiger charge is -2.13. The first-order chi connectivity index (χ1) is 7.20. The highest BCUT2D eigenvalue weighted by atomic mass is 19.1. The van der Waals surface area contributed by atoms with Crippen molar-refractivity contribution in [1.29, 1.82) is 0 Å². The largest absolute Gasteiger partial charge is 0.324 e. The monoisotopic (exact) mass is 205 g/mol. The van der Waals surface area contributed by atoms with Gasteiger partial charge < -0.3 is 10.3 Å². The van der Waals surface area contributed by atoms with Crippen LogP contribution in [0.1, 0.15) is 18.5 Å². The first kappa shape index (κ1) is 9.86. The van der Waals surface area contributed by atoms with E-state index in [0.717, 1.165) is 5.69 Å². The molecule has 0 bridgehead atoms. The number of aromatic nitrogens is 2. The molecule has 0 aliphatic carbocycles. The predicted octanol–water partition coefficient (Wildman–Crippen LogP) is 2.03. The Morgan fingerprint density at radius 3 is 2.87 bits per heavy atom. The van der Waals surface area contributed by atoms with E-state index in [4.69, 9.17) is 5.73 Å². The van der Waals surface area contributed by atoms with Gasteiger partial charge in [0.1, 0.15) is 5.82 Å². The third-order valence-corrected chi connectivity index (χ3v) is 2.27. The van der Waals surface area contributed by atoms with Crippen molar-refractivity contribution in [3.63, 3.8) is 0 Å². The van der Waals surface area contributed by atoms with E-state index in [2.05, 4.69) is 4.98 Å². The minimum absolute atomic E-state index is 0.281. The zero-order valence-electron chi connectivity index (χ0n) is 8.39. The minimum atomic E-state index is -0.344. The van der Waals surface area contributed by atoms with Crippen LogP contribution in [0.25, 0.3) is 5.69 Å². The Hall–Kier alpha value is -1.68. The fraction of sp³-hybridized carbons (Fsp3) is 0.182. The van der Waals surface area contributed by atoms with Gasteiger partial charge >= 0.3 is 0 Å². The van der Waals surface area contributed by atoms with Crippen LogP contribution >= 0.6 is 0 Å². The quantitative estimate of drug-likeness (QED) is 0.815. The molecule has 0 amide bonds. The van der Waals surface area contributed by atoms with E-state index in [1.54, 1.807) is 36.3 Å². The van der Waals surface area contributed by atoms with Gasteiger partial charge in [-0.05, 0) is 19.1 Å². The zero-order valence-corrected chi connectivity index (χ0v) is 8.39. The lowest BCUT2D eigenvalue weighted by Crippen LogP contribution is -2.11. The van der Waals surface area contributed by atoms with E-state index in [0.29, 0.717) is 5.56 Å². The summed E-state index contributed by atoms with van der Waals surface area (Å²) in [6.07, 6.45) is 5.04. The number of nitrogens with two attached hydrogens (primary N) is 1. The minimum Gasteiger partial charge on any atom is -0.324 e. The number of rotatable bonds is 2. The molecule has 0 fully saturated rings. The van der Waals surface area contributed by atoms with Gasteiger partial charge in [0.25, 0.3) is 0 Å². The van der Waals surface area contributed by atoms with Crippen LogP contribution in [0.15, 0.2) is 36.9 Å². The molecule has 0 spiro atoms. The van der Waals surface area contributed by atoms with Crippen molar-refractivity contribution in [2.45, 2.75) is 13.0 Å². The summed E-state index contributed by atoms with van der Waals surface area (Å²) in [6, 6.07) is 4.56. The topological polar surface area (TPSA) is 43.8 Å². The Morgan fingerprint density at radius 1 is 1.47 bits per heavy atom. The maximum Gasteiger partial charge on any atom is 0.130 e. The lowest BCUT2D eigenvalue weighted by atomic mass is 10.1. The molecular weight excluding hydrogens is 193 g/mol. The van der Waals surface area contributed by atoms with E-state index in [-0.39, 0.29) is 11.9 Å². The van der Waals surface area contributed by atoms with Crippen LogP contribution in [-0.4, -0.2) is 9.55 Å². The molecular formula is C11H12FN3. The molecule has 2 rings (SSSR count). The van der Waals surface area contributed by atoms with Gasteiger partial charge in [0.15, 0.2) is 0 Å². The maximum absolute atomic E-state index is 13.6. The third kappa shape index (κ3) is 1.76. The van der Waals surface area contributed by atoms with Crippen LogP contribution < -0.4 is 5.73 Å². The average Bonchev–Trinajstić information content (AvgIpc) is 2.69. The molecule has 1 unspecified atom stereocenters. The van der Waals surface area contributed by atoms with Gasteiger partial charge in [-0.2, -0.15) is 0 Å². The summed E-state index contributed by atoms with van der Waals surface area (Å²) in [5, 5.41) is 0. The Morgan fingerprint density at radius 2 is 2.27 bits per heavy atom. The third-order valence-electron chi connectivity index (χ3n) is 2.27. The Kier molecular flexibility index (Phi) is 2.51. The predicted molar refractivity (Wildman–Crippen MR) is 56.1 cm³/mol. The number of nitrogens with zero attached hydrogens (tertiary/aromatic N) is 2. The van der Waals surface area contributed by atoms with Crippen molar-refractivity contribution in [2.24, 2.45) is 5.73 Å². The molecule has 1 aromatic heterocycles. The second-order valence-electron chi connectivity index (χ2n) is 3.43. The number of benzene rings is 1. The second-order valence-corrected chi connectivity index (χ2v) is 3.43. The van der Waals surface area contributed by atoms with E-state index in [1.807, 2.05) is 6.07 Å². The van der Waals surface area contributed by atoms with Crippen molar-refractivity contribution in [3.8, 4) is 5.69 Å². The smallest absolute Gasteiger partial charge is 0.130 e. The SMILES string of the molecule is CC(N)c1c(F)cccc1-n1ccnc1. The van der Waals surface area contributed by atoms with E-state index in [9.17, 15) is 4.39 Å². The summed E-state index contributed by atoms with van der Waals surface area (Å²) in [4.78, 5) is 3.93. The standard InChI is InChI=1S/C11H12FN3/c1-8(13)11-9(12)3-2-4-10(11)15-6-5-14-7-15/h2-8H,13H2,1H3. The fourth-order valence-electron chi connectivity index (χ4n) is 1.60. The number of halogens is 1. The first-order valence-electron chi connectivity index (χ1n) is 4.72. The highest BCUT2D eigenvalue weighted by molar-refractivity contribution is 5.43. The number of hydrogen-bond donors (Lipinski definition) is 1. The molecule has 1 heterocycles. The molecule has 2 N–H and O–H groups in total. The van der Waals surface area contributed by atoms with E-state index >= 15 is 0 Å². The molecule has 0 radical (unpaired) electrons. The molecule has 0 aliphatic heterocycles. The fourth-order valence-corrected chi connectivity index (χ4v) is 1.60. The van der Waals surface area contributed by atoms with Crippen molar-refractivity contribution in [2.75, 3.05) is 0 Å². The molecule has 0 saturated carbocycles. The first-order valence-corrected chi connectivity index (χ1v) is 4.72. The summed E-state index contributed by atoms with van der Waals surface area (Å²) in [5.74, 6) is -0.281. The molecule has 0 aliphatic rings. The van der Waals surface area contributed by atoms with Crippen LogP contribution in [0, 0.1) is 5.82 Å². The molecule has 15 heavy (non-hydrogen) atoms. The van der Waals surface area contributed by atoms with Crippen LogP contribution in [0.3, 0.4) is 0 Å². The van der Waals surface area contributed by atoms with Crippen LogP contribution in [-0.2, 0) is 0 Å². The zero-order chi connectivity index (χ0) is 10.8. The Balaban J connectivity index is 2.61. The summed E-state index contributed by atoms with van der Waals surface area (Å²) in [7, 11) is 0. The Bertz CT molecular complexity index is 449. The average molecular weight is 205 g/mol. The summed E-state index contributed by atoms with van der Waals surface area (Å²) >= 11 is 0. The number of imidazole rings is 1. The van der Waals surface area contributed by atoms with Gasteiger partial charge in [-0.25, -0.2) is 9.37 Å². The second kappa shape index (κ2) is 3.82. The van der Waals surface area contributed by atoms with Crippen LogP contribution in [0.5, 0.6) is 0 Å². The molecule has 78 valence electrons. The van der Waals surface area contributed by atoms with Gasteiger partial charge in [0.2, 0.25) is 0 Å². The molecule has 4 heteroatoms. The van der Waals surface area contributed by atoms with Crippen molar-refractivity contribution < 1.29 is 4.39 Å². The maximum atomic E-state index is 13.6. The van der Waals surface area contributed by atoms with Crippen LogP contribution in [0.4, 0.5) is 4.39 Å². The van der Waals surface area contributed by atoms with Gasteiger partial charge in [-0.15, -0.1) is 0 Å². The van der Waals surface area contributed by atoms with Crippen molar-refractivity contribution in [1.82, 2.24) is 9.55 Å². The normalized spacial score (nSPS) is 12.7. The molecule has 2 aromatic rings. The molecule has 1 atom stereocenters. The lowest BCUT2D eigenvalue weighted by molar-refractivity contribution is 0.591. The summed E-state index contributed by atoms with van der Waals surface area (Å²) in [6.45, 7) is 1.76. The number of hydrogen-bond acceptors (Lipinski definition) is 2. The van der Waals surface area contributed by atoms with Gasteiger partial charge in [-0.3, -0.25) is 0 Å². The van der Waals surface area contributed by atoms with Gasteiger partial charge in [-0.1, -0.05) is 6.07 Å². The molecule has 1 aromatic carbocycles. The van der Waals surface area contributed by atoms with Gasteiger partial charge in [0.05, 0.1) is 12.0 Å². The van der Waals surface area contributed by atoms with Gasteiger partial charge in [0, 0.05) is 24.0 Å². The van der Waals surface area contributed by atoms with Crippen molar-refractivity contribution in [3.05, 3.63) is 48.3 Å². The van der Waals surface area contributed by atoms with E-state index in [1.165, 1.54) is 6.07 Å². The van der Waals surface area contributed by atoms with Crippen molar-refractivity contribution >= 4 is 0 Å². The summed E-state index contributed by atoms with van der Waals surface area (Å²) < 4.78 is 15.3. The van der Waals surface area contributed by atoms with Crippen LogP contribution in [0.2, 0.25) is 0 Å². The highest BCUT2D eigenvalue weighted by Gasteiger charge is 2.13. The molecule has 3 nitrogen and oxygen atoms in total. The summed E-state index contributed by atoms with van der Waals surface area (Å²) in [5.41, 5.74) is 7.00. The highest BCUT2D eigenvalue weighted by Crippen LogP contribution is 2.22. The van der Waals surface area contributed by atoms with E-state index < -0.39 is 0 Å². The molecule has 0 saturated heterocycles.